The molecule has 0 aliphatic heterocycles. The lowest BCUT2D eigenvalue weighted by Crippen LogP contribution is -2.38. The van der Waals surface area contributed by atoms with E-state index in [1.807, 2.05) is 0 Å². The summed E-state index contributed by atoms with van der Waals surface area (Å²) in [4.78, 5) is 55.2. The zero-order valence-corrected chi connectivity index (χ0v) is 23.5. The van der Waals surface area contributed by atoms with E-state index in [2.05, 4.69) is 15.6 Å². The van der Waals surface area contributed by atoms with Gasteiger partial charge in [-0.2, -0.15) is 13.2 Å². The number of nitrogens with zero attached hydrogens (tertiary/aromatic N) is 2. The Kier molecular flexibility index (Phi) is 9.38. The molecule has 228 valence electrons. The fraction of sp³-hybridized carbons (Fsp3) is 0.194. The van der Waals surface area contributed by atoms with Crippen molar-refractivity contribution < 1.29 is 31.9 Å². The van der Waals surface area contributed by atoms with Gasteiger partial charge < -0.3 is 16.4 Å². The molecule has 3 aromatic carbocycles. The van der Waals surface area contributed by atoms with Crippen LogP contribution in [0.1, 0.15) is 55.7 Å². The standard InChI is InChI=1S/C31H27F4N5O4/c1-17(37-2)29(43)39-25-15-38-26(13-18-4-3-5-21(10-18)28(36)42)40(30(25)44)16-19-11-22(14-23(12-19)31(33,34)35)27(41)20-6-8-24(32)9-7-20/h3-12,14-15,17,37H,13,16H2,1-2H3,(H2,36,42)(H,39,43). The molecule has 4 rings (SSSR count). The van der Waals surface area contributed by atoms with Crippen LogP contribution in [0, 0.1) is 5.82 Å². The summed E-state index contributed by atoms with van der Waals surface area (Å²) in [5.41, 5.74) is 3.56. The number of amides is 2. The summed E-state index contributed by atoms with van der Waals surface area (Å²) >= 11 is 0. The van der Waals surface area contributed by atoms with Crippen molar-refractivity contribution in [3.8, 4) is 0 Å². The molecule has 0 aliphatic carbocycles. The first-order valence-electron chi connectivity index (χ1n) is 13.2. The van der Waals surface area contributed by atoms with E-state index in [0.29, 0.717) is 11.6 Å². The number of carbonyl (C=O) groups excluding carboxylic acids is 3. The molecule has 13 heteroatoms. The van der Waals surface area contributed by atoms with Gasteiger partial charge in [-0.3, -0.25) is 23.7 Å². The van der Waals surface area contributed by atoms with Gasteiger partial charge in [0.1, 0.15) is 17.3 Å². The maximum absolute atomic E-state index is 13.9. The Morgan fingerprint density at radius 3 is 2.27 bits per heavy atom. The highest BCUT2D eigenvalue weighted by atomic mass is 19.4. The summed E-state index contributed by atoms with van der Waals surface area (Å²) in [5.74, 6) is -2.54. The topological polar surface area (TPSA) is 136 Å². The Bertz CT molecular complexity index is 1790. The minimum Gasteiger partial charge on any atom is -0.366 e. The fourth-order valence-electron chi connectivity index (χ4n) is 4.33. The number of hydrogen-bond donors (Lipinski definition) is 3. The van der Waals surface area contributed by atoms with Gasteiger partial charge in [-0.15, -0.1) is 0 Å². The van der Waals surface area contributed by atoms with Gasteiger partial charge in [0.2, 0.25) is 11.8 Å². The van der Waals surface area contributed by atoms with E-state index < -0.39 is 53.3 Å². The molecular formula is C31H27F4N5O4. The number of alkyl halides is 3. The first-order valence-corrected chi connectivity index (χ1v) is 13.2. The van der Waals surface area contributed by atoms with E-state index in [0.717, 1.165) is 41.1 Å². The number of primary amides is 1. The van der Waals surface area contributed by atoms with E-state index >= 15 is 0 Å². The molecule has 1 heterocycles. The van der Waals surface area contributed by atoms with Crippen molar-refractivity contribution in [2.75, 3.05) is 12.4 Å². The number of likely N-dealkylation sites (N-methyl/N-ethyl adjacent to an activating group) is 1. The first-order chi connectivity index (χ1) is 20.8. The van der Waals surface area contributed by atoms with Crippen molar-refractivity contribution in [3.05, 3.63) is 128 Å². The van der Waals surface area contributed by atoms with Crippen LogP contribution in [-0.2, 0) is 23.9 Å². The minimum absolute atomic E-state index is 0.0299. The minimum atomic E-state index is -4.84. The molecule has 44 heavy (non-hydrogen) atoms. The molecule has 4 aromatic rings. The number of carbonyl (C=O) groups is 3. The van der Waals surface area contributed by atoms with Gasteiger partial charge in [-0.1, -0.05) is 12.1 Å². The van der Waals surface area contributed by atoms with Crippen LogP contribution in [0.15, 0.2) is 77.7 Å². The van der Waals surface area contributed by atoms with Crippen LogP contribution < -0.4 is 21.9 Å². The Morgan fingerprint density at radius 1 is 0.955 bits per heavy atom. The predicted octanol–water partition coefficient (Wildman–Crippen LogP) is 3.92. The SMILES string of the molecule is CNC(C)C(=O)Nc1cnc(Cc2cccc(C(N)=O)c2)n(Cc2cc(C(=O)c3ccc(F)cc3)cc(C(F)(F)F)c2)c1=O. The Labute approximate surface area is 248 Å². The number of rotatable bonds is 10. The second kappa shape index (κ2) is 13.0. The lowest BCUT2D eigenvalue weighted by Gasteiger charge is -2.17. The lowest BCUT2D eigenvalue weighted by molar-refractivity contribution is -0.137. The third-order valence-electron chi connectivity index (χ3n) is 6.82. The molecule has 0 fully saturated rings. The van der Waals surface area contributed by atoms with Crippen molar-refractivity contribution >= 4 is 23.3 Å². The zero-order valence-electron chi connectivity index (χ0n) is 23.5. The van der Waals surface area contributed by atoms with Crippen LogP contribution in [0.5, 0.6) is 0 Å². The highest BCUT2D eigenvalue weighted by Crippen LogP contribution is 2.31. The van der Waals surface area contributed by atoms with Crippen LogP contribution in [0.4, 0.5) is 23.2 Å². The summed E-state index contributed by atoms with van der Waals surface area (Å²) in [7, 11) is 1.54. The van der Waals surface area contributed by atoms with Gasteiger partial charge >= 0.3 is 6.18 Å². The molecule has 1 unspecified atom stereocenters. The third-order valence-corrected chi connectivity index (χ3v) is 6.82. The maximum atomic E-state index is 13.9. The smallest absolute Gasteiger partial charge is 0.366 e. The number of benzene rings is 3. The molecule has 0 radical (unpaired) electrons. The molecule has 0 spiro atoms. The molecule has 9 nitrogen and oxygen atoms in total. The van der Waals surface area contributed by atoms with Crippen molar-refractivity contribution in [3.63, 3.8) is 0 Å². The molecule has 0 aliphatic rings. The Morgan fingerprint density at radius 2 is 1.64 bits per heavy atom. The average molecular weight is 610 g/mol. The van der Waals surface area contributed by atoms with Crippen LogP contribution in [-0.4, -0.2) is 40.2 Å². The molecular weight excluding hydrogens is 582 g/mol. The van der Waals surface area contributed by atoms with E-state index in [9.17, 15) is 36.7 Å². The number of aromatic nitrogens is 2. The molecule has 4 N–H and O–H groups in total. The number of nitrogens with two attached hydrogens (primary N) is 1. The van der Waals surface area contributed by atoms with Gasteiger partial charge in [0.05, 0.1) is 24.3 Å². The van der Waals surface area contributed by atoms with E-state index in [4.69, 9.17) is 5.73 Å². The molecule has 0 saturated carbocycles. The summed E-state index contributed by atoms with van der Waals surface area (Å²) in [5, 5.41) is 5.20. The van der Waals surface area contributed by atoms with Gasteiger partial charge in [0, 0.05) is 23.1 Å². The highest BCUT2D eigenvalue weighted by molar-refractivity contribution is 6.09. The Balaban J connectivity index is 1.83. The second-order valence-electron chi connectivity index (χ2n) is 9.97. The van der Waals surface area contributed by atoms with Crippen molar-refractivity contribution in [1.29, 1.82) is 0 Å². The second-order valence-corrected chi connectivity index (χ2v) is 9.97. The number of nitrogens with one attached hydrogen (secondary N) is 2. The summed E-state index contributed by atoms with van der Waals surface area (Å²) < 4.78 is 56.3. The van der Waals surface area contributed by atoms with E-state index in [-0.39, 0.29) is 40.2 Å². The van der Waals surface area contributed by atoms with Crippen LogP contribution in [0.3, 0.4) is 0 Å². The monoisotopic (exact) mass is 609 g/mol. The number of ketones is 1. The molecule has 0 saturated heterocycles. The quantitative estimate of drug-likeness (QED) is 0.184. The van der Waals surface area contributed by atoms with Gasteiger partial charge in [-0.05, 0) is 79.7 Å². The van der Waals surface area contributed by atoms with Crippen LogP contribution in [0.25, 0.3) is 0 Å². The Hall–Kier alpha value is -5.17. The number of halogens is 4. The van der Waals surface area contributed by atoms with Crippen LogP contribution in [0.2, 0.25) is 0 Å². The highest BCUT2D eigenvalue weighted by Gasteiger charge is 2.32. The molecule has 1 atom stereocenters. The fourth-order valence-corrected chi connectivity index (χ4v) is 4.33. The number of anilines is 1. The molecule has 2 amide bonds. The number of hydrogen-bond acceptors (Lipinski definition) is 6. The molecule has 1 aromatic heterocycles. The van der Waals surface area contributed by atoms with Gasteiger partial charge in [0.15, 0.2) is 5.78 Å². The summed E-state index contributed by atoms with van der Waals surface area (Å²) in [6.45, 7) is 1.10. The van der Waals surface area contributed by atoms with Gasteiger partial charge in [0.25, 0.3) is 5.56 Å². The van der Waals surface area contributed by atoms with Crippen molar-refractivity contribution in [1.82, 2.24) is 14.9 Å². The van der Waals surface area contributed by atoms with Crippen molar-refractivity contribution in [2.45, 2.75) is 32.1 Å². The maximum Gasteiger partial charge on any atom is 0.416 e. The van der Waals surface area contributed by atoms with E-state index in [1.165, 1.54) is 18.2 Å². The normalized spacial score (nSPS) is 12.0. The average Bonchev–Trinajstić information content (AvgIpc) is 2.99. The van der Waals surface area contributed by atoms with Crippen LogP contribution >= 0.6 is 0 Å². The zero-order chi connectivity index (χ0) is 32.2. The summed E-state index contributed by atoms with van der Waals surface area (Å²) in [6, 6.07) is 12.6. The van der Waals surface area contributed by atoms with Crippen molar-refractivity contribution in [2.24, 2.45) is 5.73 Å². The third kappa shape index (κ3) is 7.42. The molecule has 0 bridgehead atoms. The first kappa shape index (κ1) is 31.8. The van der Waals surface area contributed by atoms with E-state index in [1.54, 1.807) is 26.1 Å². The lowest BCUT2D eigenvalue weighted by atomic mass is 9.98. The summed E-state index contributed by atoms with van der Waals surface area (Å²) in [6.07, 6.45) is -3.73. The van der Waals surface area contributed by atoms with Gasteiger partial charge in [-0.25, -0.2) is 9.37 Å². The largest absolute Gasteiger partial charge is 0.416 e. The predicted molar refractivity (Wildman–Crippen MR) is 154 cm³/mol.